The van der Waals surface area contributed by atoms with E-state index in [0.717, 1.165) is 12.1 Å². The van der Waals surface area contributed by atoms with E-state index in [1.165, 1.54) is 19.2 Å². The summed E-state index contributed by atoms with van der Waals surface area (Å²) in [6, 6.07) is 4.90. The Morgan fingerprint density at radius 1 is 1.33 bits per heavy atom. The molecule has 1 N–H and O–H groups in total. The molecule has 1 aromatic rings. The van der Waals surface area contributed by atoms with Gasteiger partial charge in [-0.1, -0.05) is 0 Å². The Bertz CT molecular complexity index is 498. The van der Waals surface area contributed by atoms with Gasteiger partial charge in [-0.25, -0.2) is 17.5 Å². The molecule has 100 valence electrons. The minimum absolute atomic E-state index is 0.0556. The molecule has 0 saturated heterocycles. The summed E-state index contributed by atoms with van der Waals surface area (Å²) in [5.41, 5.74) is 0.255. The zero-order chi connectivity index (χ0) is 13.6. The molecular formula is C11H14FNO4S. The van der Waals surface area contributed by atoms with Crippen molar-refractivity contribution in [2.45, 2.75) is 0 Å². The number of hydrogen-bond donors (Lipinski definition) is 1. The largest absolute Gasteiger partial charge is 0.384 e. The minimum Gasteiger partial charge on any atom is -0.384 e. The topological polar surface area (TPSA) is 72.5 Å². The van der Waals surface area contributed by atoms with E-state index in [9.17, 15) is 17.6 Å². The Morgan fingerprint density at radius 2 is 1.94 bits per heavy atom. The highest BCUT2D eigenvalue weighted by atomic mass is 32.2. The van der Waals surface area contributed by atoms with Crippen LogP contribution in [0.25, 0.3) is 0 Å². The molecule has 0 bridgehead atoms. The van der Waals surface area contributed by atoms with Gasteiger partial charge in [0.1, 0.15) is 5.82 Å². The molecule has 0 atom stereocenters. The summed E-state index contributed by atoms with van der Waals surface area (Å²) in [5, 5.41) is 0. The van der Waals surface area contributed by atoms with Crippen molar-refractivity contribution in [3.8, 4) is 0 Å². The molecule has 0 amide bonds. The SMILES string of the molecule is COCCS(=O)(=O)NCC(=O)c1ccc(F)cc1. The summed E-state index contributed by atoms with van der Waals surface area (Å²) < 4.78 is 42.2. The molecule has 0 aromatic heterocycles. The normalized spacial score (nSPS) is 11.4. The highest BCUT2D eigenvalue weighted by molar-refractivity contribution is 7.89. The van der Waals surface area contributed by atoms with E-state index < -0.39 is 21.6 Å². The first-order valence-corrected chi connectivity index (χ1v) is 6.85. The summed E-state index contributed by atoms with van der Waals surface area (Å²) in [7, 11) is -2.14. The lowest BCUT2D eigenvalue weighted by Gasteiger charge is -2.05. The fourth-order valence-corrected chi connectivity index (χ4v) is 2.06. The number of carbonyl (C=O) groups excluding carboxylic acids is 1. The zero-order valence-electron chi connectivity index (χ0n) is 9.85. The molecule has 0 unspecified atom stereocenters. The van der Waals surface area contributed by atoms with Gasteiger partial charge in [-0.2, -0.15) is 0 Å². The lowest BCUT2D eigenvalue weighted by molar-refractivity contribution is 0.0997. The van der Waals surface area contributed by atoms with E-state index >= 15 is 0 Å². The van der Waals surface area contributed by atoms with Gasteiger partial charge in [0.25, 0.3) is 0 Å². The summed E-state index contributed by atoms with van der Waals surface area (Å²) in [4.78, 5) is 11.6. The van der Waals surface area contributed by atoms with Crippen molar-refractivity contribution < 1.29 is 22.3 Å². The van der Waals surface area contributed by atoms with Crippen LogP contribution in [-0.2, 0) is 14.8 Å². The van der Waals surface area contributed by atoms with E-state index in [2.05, 4.69) is 9.46 Å². The molecule has 0 aliphatic heterocycles. The number of carbonyl (C=O) groups is 1. The number of ketones is 1. The third kappa shape index (κ3) is 4.91. The fraction of sp³-hybridized carbons (Fsp3) is 0.364. The molecule has 0 heterocycles. The minimum atomic E-state index is -3.52. The average molecular weight is 275 g/mol. The predicted molar refractivity (Wildman–Crippen MR) is 64.4 cm³/mol. The molecule has 0 saturated carbocycles. The second-order valence-electron chi connectivity index (χ2n) is 3.56. The first-order chi connectivity index (χ1) is 8.44. The first-order valence-electron chi connectivity index (χ1n) is 5.19. The van der Waals surface area contributed by atoms with Gasteiger partial charge in [-0.15, -0.1) is 0 Å². The number of halogens is 1. The number of methoxy groups -OCH3 is 1. The molecule has 0 fully saturated rings. The van der Waals surface area contributed by atoms with Gasteiger partial charge < -0.3 is 4.74 Å². The van der Waals surface area contributed by atoms with Gasteiger partial charge in [0.05, 0.1) is 18.9 Å². The number of Topliss-reactive ketones (excluding diaryl/α,β-unsaturated/α-hetero) is 1. The van der Waals surface area contributed by atoms with Crippen LogP contribution < -0.4 is 4.72 Å². The van der Waals surface area contributed by atoms with Crippen molar-refractivity contribution in [2.24, 2.45) is 0 Å². The van der Waals surface area contributed by atoms with Crippen LogP contribution in [0.2, 0.25) is 0 Å². The Kier molecular flexibility index (Phi) is 5.39. The third-order valence-electron chi connectivity index (χ3n) is 2.18. The molecule has 1 aromatic carbocycles. The quantitative estimate of drug-likeness (QED) is 0.739. The van der Waals surface area contributed by atoms with Gasteiger partial charge in [0.15, 0.2) is 5.78 Å². The molecule has 7 heteroatoms. The van der Waals surface area contributed by atoms with Crippen molar-refractivity contribution >= 4 is 15.8 Å². The Labute approximate surface area is 105 Å². The van der Waals surface area contributed by atoms with Crippen molar-refractivity contribution in [2.75, 3.05) is 26.0 Å². The van der Waals surface area contributed by atoms with Crippen LogP contribution in [0.15, 0.2) is 24.3 Å². The van der Waals surface area contributed by atoms with Crippen molar-refractivity contribution in [3.63, 3.8) is 0 Å². The number of ether oxygens (including phenoxy) is 1. The molecule has 0 aliphatic carbocycles. The van der Waals surface area contributed by atoms with Crippen LogP contribution >= 0.6 is 0 Å². The van der Waals surface area contributed by atoms with Crippen LogP contribution in [0.3, 0.4) is 0 Å². The summed E-state index contributed by atoms with van der Waals surface area (Å²) in [6.45, 7) is -0.294. The standard InChI is InChI=1S/C11H14FNO4S/c1-17-6-7-18(15,16)13-8-11(14)9-2-4-10(12)5-3-9/h2-5,13H,6-8H2,1H3. The van der Waals surface area contributed by atoms with Crippen LogP contribution in [-0.4, -0.2) is 40.2 Å². The van der Waals surface area contributed by atoms with Crippen LogP contribution in [0.4, 0.5) is 4.39 Å². The van der Waals surface area contributed by atoms with E-state index in [4.69, 9.17) is 0 Å². The summed E-state index contributed by atoms with van der Waals surface area (Å²) >= 11 is 0. The van der Waals surface area contributed by atoms with Gasteiger partial charge >= 0.3 is 0 Å². The summed E-state index contributed by atoms with van der Waals surface area (Å²) in [6.07, 6.45) is 0. The summed E-state index contributed by atoms with van der Waals surface area (Å²) in [5.74, 6) is -1.08. The maximum Gasteiger partial charge on any atom is 0.214 e. The van der Waals surface area contributed by atoms with Gasteiger partial charge in [0.2, 0.25) is 10.0 Å². The van der Waals surface area contributed by atoms with E-state index in [0.29, 0.717) is 0 Å². The Hall–Kier alpha value is -1.31. The van der Waals surface area contributed by atoms with Gasteiger partial charge in [-0.3, -0.25) is 4.79 Å². The third-order valence-corrected chi connectivity index (χ3v) is 3.46. The van der Waals surface area contributed by atoms with Gasteiger partial charge in [-0.05, 0) is 24.3 Å². The highest BCUT2D eigenvalue weighted by Gasteiger charge is 2.13. The monoisotopic (exact) mass is 275 g/mol. The van der Waals surface area contributed by atoms with E-state index in [1.807, 2.05) is 0 Å². The molecule has 0 spiro atoms. The second kappa shape index (κ2) is 6.58. The maximum absolute atomic E-state index is 12.6. The number of benzene rings is 1. The Balaban J connectivity index is 2.53. The fourth-order valence-electron chi connectivity index (χ4n) is 1.18. The smallest absolute Gasteiger partial charge is 0.214 e. The lowest BCUT2D eigenvalue weighted by Crippen LogP contribution is -2.32. The zero-order valence-corrected chi connectivity index (χ0v) is 10.7. The molecule has 18 heavy (non-hydrogen) atoms. The number of nitrogens with one attached hydrogen (secondary N) is 1. The molecule has 0 aliphatic rings. The lowest BCUT2D eigenvalue weighted by atomic mass is 10.1. The molecule has 0 radical (unpaired) electrons. The molecule has 1 rings (SSSR count). The van der Waals surface area contributed by atoms with Gasteiger partial charge in [0, 0.05) is 12.7 Å². The van der Waals surface area contributed by atoms with Crippen LogP contribution in [0.1, 0.15) is 10.4 Å². The van der Waals surface area contributed by atoms with Crippen LogP contribution in [0, 0.1) is 5.82 Å². The van der Waals surface area contributed by atoms with Crippen molar-refractivity contribution in [3.05, 3.63) is 35.6 Å². The maximum atomic E-state index is 12.6. The van der Waals surface area contributed by atoms with Crippen molar-refractivity contribution in [1.29, 1.82) is 0 Å². The molecule has 5 nitrogen and oxygen atoms in total. The highest BCUT2D eigenvalue weighted by Crippen LogP contribution is 2.03. The second-order valence-corrected chi connectivity index (χ2v) is 5.49. The number of sulfonamides is 1. The predicted octanol–water partition coefficient (Wildman–Crippen LogP) is 0.574. The first kappa shape index (κ1) is 14.7. The number of rotatable bonds is 7. The van der Waals surface area contributed by atoms with E-state index in [1.54, 1.807) is 0 Å². The van der Waals surface area contributed by atoms with Crippen LogP contribution in [0.5, 0.6) is 0 Å². The molecular weight excluding hydrogens is 261 g/mol. The number of hydrogen-bond acceptors (Lipinski definition) is 4. The van der Waals surface area contributed by atoms with Crippen molar-refractivity contribution in [1.82, 2.24) is 4.72 Å². The average Bonchev–Trinajstić information content (AvgIpc) is 2.35. The Morgan fingerprint density at radius 3 is 2.50 bits per heavy atom. The van der Waals surface area contributed by atoms with E-state index in [-0.39, 0.29) is 24.5 Å².